The quantitative estimate of drug-likeness (QED) is 0.891. The molecule has 0 spiro atoms. The second kappa shape index (κ2) is 6.91. The average molecular weight is 315 g/mol. The number of amides is 1. The van der Waals surface area contributed by atoms with Crippen LogP contribution in [-0.2, 0) is 4.74 Å². The fourth-order valence-corrected chi connectivity index (χ4v) is 2.78. The fourth-order valence-electron chi connectivity index (χ4n) is 2.78. The maximum absolute atomic E-state index is 11.8. The van der Waals surface area contributed by atoms with Crippen molar-refractivity contribution in [1.29, 1.82) is 5.26 Å². The van der Waals surface area contributed by atoms with E-state index < -0.39 is 5.60 Å². The summed E-state index contributed by atoms with van der Waals surface area (Å²) < 4.78 is 5.30. The van der Waals surface area contributed by atoms with Crippen LogP contribution in [0.2, 0.25) is 0 Å². The lowest BCUT2D eigenvalue weighted by atomic mass is 10.1. The Morgan fingerprint density at radius 3 is 2.65 bits per heavy atom. The Balaban J connectivity index is 1.89. The Kier molecular flexibility index (Phi) is 5.15. The molecule has 1 amide bonds. The molecule has 1 aliphatic rings. The van der Waals surface area contributed by atoms with Crippen LogP contribution in [0.25, 0.3) is 0 Å². The minimum absolute atomic E-state index is 0.127. The standard InChI is InChI=1S/C18H25N3O2/c1-12-5-6-13(11-19)9-16(12)20-14-7-8-15(10-14)21-17(22)23-18(2,3)4/h5-6,9,14-15,20H,7-8,10H2,1-4H3,(H,21,22). The predicted molar refractivity (Wildman–Crippen MR) is 90.3 cm³/mol. The average Bonchev–Trinajstić information content (AvgIpc) is 2.86. The second-order valence-corrected chi connectivity index (χ2v) is 7.14. The van der Waals surface area contributed by atoms with Crippen LogP contribution < -0.4 is 10.6 Å². The number of rotatable bonds is 3. The summed E-state index contributed by atoms with van der Waals surface area (Å²) in [4.78, 5) is 11.8. The van der Waals surface area contributed by atoms with Gasteiger partial charge in [-0.1, -0.05) is 6.07 Å². The molecule has 1 aliphatic carbocycles. The summed E-state index contributed by atoms with van der Waals surface area (Å²) in [6.07, 6.45) is 2.41. The van der Waals surface area contributed by atoms with Gasteiger partial charge < -0.3 is 15.4 Å². The molecule has 2 N–H and O–H groups in total. The molecule has 0 heterocycles. The zero-order valence-electron chi connectivity index (χ0n) is 14.3. The molecule has 2 atom stereocenters. The van der Waals surface area contributed by atoms with Crippen molar-refractivity contribution in [2.75, 3.05) is 5.32 Å². The largest absolute Gasteiger partial charge is 0.444 e. The van der Waals surface area contributed by atoms with Crippen molar-refractivity contribution in [2.24, 2.45) is 0 Å². The summed E-state index contributed by atoms with van der Waals surface area (Å²) in [5, 5.41) is 15.4. The summed E-state index contributed by atoms with van der Waals surface area (Å²) in [7, 11) is 0. The van der Waals surface area contributed by atoms with Gasteiger partial charge in [-0.2, -0.15) is 5.26 Å². The third-order valence-corrected chi connectivity index (χ3v) is 3.88. The molecule has 1 aromatic carbocycles. The van der Waals surface area contributed by atoms with Gasteiger partial charge in [0, 0.05) is 17.8 Å². The number of nitriles is 1. The van der Waals surface area contributed by atoms with Crippen LogP contribution in [0.1, 0.15) is 51.2 Å². The summed E-state index contributed by atoms with van der Waals surface area (Å²) in [6.45, 7) is 7.60. The van der Waals surface area contributed by atoms with E-state index in [1.807, 2.05) is 45.9 Å². The third-order valence-electron chi connectivity index (χ3n) is 3.88. The molecule has 2 unspecified atom stereocenters. The topological polar surface area (TPSA) is 74.2 Å². The molecule has 0 bridgehead atoms. The molecule has 5 heteroatoms. The van der Waals surface area contributed by atoms with E-state index in [1.54, 1.807) is 0 Å². The molecule has 0 radical (unpaired) electrons. The van der Waals surface area contributed by atoms with Crippen molar-refractivity contribution >= 4 is 11.8 Å². The molecular formula is C18H25N3O2. The first-order chi connectivity index (χ1) is 10.8. The van der Waals surface area contributed by atoms with Crippen molar-refractivity contribution in [3.8, 4) is 6.07 Å². The van der Waals surface area contributed by atoms with Crippen LogP contribution in [0, 0.1) is 18.3 Å². The first kappa shape index (κ1) is 17.1. The first-order valence-corrected chi connectivity index (χ1v) is 8.03. The monoisotopic (exact) mass is 315 g/mol. The second-order valence-electron chi connectivity index (χ2n) is 7.14. The molecule has 1 aromatic rings. The van der Waals surface area contributed by atoms with Crippen molar-refractivity contribution < 1.29 is 9.53 Å². The maximum atomic E-state index is 11.8. The summed E-state index contributed by atoms with van der Waals surface area (Å²) in [5.74, 6) is 0. The molecule has 5 nitrogen and oxygen atoms in total. The third kappa shape index (κ3) is 5.17. The highest BCUT2D eigenvalue weighted by atomic mass is 16.6. The van der Waals surface area contributed by atoms with Crippen LogP contribution >= 0.6 is 0 Å². The Labute approximate surface area is 138 Å². The SMILES string of the molecule is Cc1ccc(C#N)cc1NC1CCC(NC(=O)OC(C)(C)C)C1. The van der Waals surface area contributed by atoms with Crippen LogP contribution in [0.5, 0.6) is 0 Å². The number of anilines is 1. The Morgan fingerprint density at radius 2 is 2.00 bits per heavy atom. The van der Waals surface area contributed by atoms with Gasteiger partial charge >= 0.3 is 6.09 Å². The van der Waals surface area contributed by atoms with Crippen LogP contribution in [0.3, 0.4) is 0 Å². The molecule has 1 saturated carbocycles. The lowest BCUT2D eigenvalue weighted by Crippen LogP contribution is -2.38. The molecule has 0 aliphatic heterocycles. The normalized spacial score (nSPS) is 20.7. The van der Waals surface area contributed by atoms with Crippen molar-refractivity contribution in [3.63, 3.8) is 0 Å². The van der Waals surface area contributed by atoms with Gasteiger partial charge in [0.1, 0.15) is 5.60 Å². The van der Waals surface area contributed by atoms with Gasteiger partial charge in [-0.15, -0.1) is 0 Å². The first-order valence-electron chi connectivity index (χ1n) is 8.03. The lowest BCUT2D eigenvalue weighted by molar-refractivity contribution is 0.0505. The molecule has 0 aromatic heterocycles. The molecule has 0 saturated heterocycles. The molecule has 2 rings (SSSR count). The van der Waals surface area contributed by atoms with E-state index in [4.69, 9.17) is 10.00 Å². The van der Waals surface area contributed by atoms with Crippen LogP contribution in [0.15, 0.2) is 18.2 Å². The molecule has 1 fully saturated rings. The number of alkyl carbamates (subject to hydrolysis) is 1. The smallest absolute Gasteiger partial charge is 0.407 e. The molecule has 124 valence electrons. The van der Waals surface area contributed by atoms with Crippen molar-refractivity contribution in [1.82, 2.24) is 5.32 Å². The predicted octanol–water partition coefficient (Wildman–Crippen LogP) is 3.72. The Morgan fingerprint density at radius 1 is 1.30 bits per heavy atom. The van der Waals surface area contributed by atoms with Crippen molar-refractivity contribution in [3.05, 3.63) is 29.3 Å². The van der Waals surface area contributed by atoms with Gasteiger partial charge in [0.2, 0.25) is 0 Å². The number of carbonyl (C=O) groups excluding carboxylic acids is 1. The highest BCUT2D eigenvalue weighted by Crippen LogP contribution is 2.25. The van der Waals surface area contributed by atoms with Crippen LogP contribution in [0.4, 0.5) is 10.5 Å². The van der Waals surface area contributed by atoms with Gasteiger partial charge in [-0.25, -0.2) is 4.79 Å². The number of aryl methyl sites for hydroxylation is 1. The van der Waals surface area contributed by atoms with Gasteiger partial charge in [0.15, 0.2) is 0 Å². The number of benzene rings is 1. The van der Waals surface area contributed by atoms with E-state index in [2.05, 4.69) is 16.7 Å². The van der Waals surface area contributed by atoms with Gasteiger partial charge in [-0.05, 0) is 64.7 Å². The van der Waals surface area contributed by atoms with Crippen LogP contribution in [-0.4, -0.2) is 23.8 Å². The number of hydrogen-bond donors (Lipinski definition) is 2. The summed E-state index contributed by atoms with van der Waals surface area (Å²) >= 11 is 0. The van der Waals surface area contributed by atoms with E-state index in [0.29, 0.717) is 11.6 Å². The number of nitrogens with zero attached hydrogens (tertiary/aromatic N) is 1. The van der Waals surface area contributed by atoms with Gasteiger partial charge in [0.25, 0.3) is 0 Å². The molecule has 23 heavy (non-hydrogen) atoms. The Bertz CT molecular complexity index is 614. The fraction of sp³-hybridized carbons (Fsp3) is 0.556. The minimum Gasteiger partial charge on any atom is -0.444 e. The van der Waals surface area contributed by atoms with E-state index >= 15 is 0 Å². The zero-order chi connectivity index (χ0) is 17.0. The number of carbonyl (C=O) groups is 1. The van der Waals surface area contributed by atoms with Crippen molar-refractivity contribution in [2.45, 2.75) is 64.6 Å². The molecular weight excluding hydrogens is 290 g/mol. The van der Waals surface area contributed by atoms with Gasteiger partial charge in [-0.3, -0.25) is 0 Å². The minimum atomic E-state index is -0.477. The summed E-state index contributed by atoms with van der Waals surface area (Å²) in [5.41, 5.74) is 2.29. The zero-order valence-corrected chi connectivity index (χ0v) is 14.3. The van der Waals surface area contributed by atoms with E-state index in [1.165, 1.54) is 0 Å². The van der Waals surface area contributed by atoms with E-state index in [9.17, 15) is 4.79 Å². The highest BCUT2D eigenvalue weighted by Gasteiger charge is 2.27. The number of nitrogens with one attached hydrogen (secondary N) is 2. The Hall–Kier alpha value is -2.22. The van der Waals surface area contributed by atoms with E-state index in [0.717, 1.165) is 30.5 Å². The van der Waals surface area contributed by atoms with E-state index in [-0.39, 0.29) is 12.1 Å². The maximum Gasteiger partial charge on any atom is 0.407 e. The summed E-state index contributed by atoms with van der Waals surface area (Å²) in [6, 6.07) is 8.23. The number of ether oxygens (including phenoxy) is 1. The highest BCUT2D eigenvalue weighted by molar-refractivity contribution is 5.68. The lowest BCUT2D eigenvalue weighted by Gasteiger charge is -2.22. The number of hydrogen-bond acceptors (Lipinski definition) is 4. The van der Waals surface area contributed by atoms with Gasteiger partial charge in [0.05, 0.1) is 11.6 Å².